The van der Waals surface area contributed by atoms with Crippen LogP contribution in [0.3, 0.4) is 0 Å². The fraction of sp³-hybridized carbons (Fsp3) is 0.200. The standard InChI is InChI=1S/C20H19N7O/c28-19(22-14-6-7-14)11-15-10-17(26-25-15)24-20-23-16(13-4-2-1-3-5-13)12-18-21-8-9-27(18)20/h1-5,8-10,12,14H,6-7,11H2,(H,22,28)(H2,23,24,25,26). The van der Waals surface area contributed by atoms with Gasteiger partial charge in [-0.05, 0) is 12.8 Å². The van der Waals surface area contributed by atoms with Gasteiger partial charge in [0.25, 0.3) is 0 Å². The van der Waals surface area contributed by atoms with Gasteiger partial charge < -0.3 is 10.6 Å². The van der Waals surface area contributed by atoms with Crippen LogP contribution in [-0.4, -0.2) is 36.5 Å². The van der Waals surface area contributed by atoms with E-state index in [4.69, 9.17) is 4.98 Å². The van der Waals surface area contributed by atoms with Crippen LogP contribution in [0.1, 0.15) is 18.5 Å². The average molecular weight is 373 g/mol. The summed E-state index contributed by atoms with van der Waals surface area (Å²) in [6.07, 6.45) is 6.01. The van der Waals surface area contributed by atoms with E-state index in [9.17, 15) is 4.79 Å². The Morgan fingerprint density at radius 2 is 2.07 bits per heavy atom. The predicted octanol–water partition coefficient (Wildman–Crippen LogP) is 2.68. The van der Waals surface area contributed by atoms with Crippen LogP contribution in [0.25, 0.3) is 16.9 Å². The SMILES string of the molecule is O=C(Cc1cc(Nc2nc(-c3ccccc3)cc3nccn23)n[nH]1)NC1CC1. The number of aromatic amines is 1. The monoisotopic (exact) mass is 373 g/mol. The highest BCUT2D eigenvalue weighted by Gasteiger charge is 2.23. The maximum absolute atomic E-state index is 12.0. The first-order valence-electron chi connectivity index (χ1n) is 9.25. The third kappa shape index (κ3) is 3.44. The molecule has 28 heavy (non-hydrogen) atoms. The van der Waals surface area contributed by atoms with Crippen LogP contribution in [0.4, 0.5) is 11.8 Å². The molecule has 5 rings (SSSR count). The van der Waals surface area contributed by atoms with Gasteiger partial charge in [-0.1, -0.05) is 30.3 Å². The Labute approximate surface area is 161 Å². The smallest absolute Gasteiger partial charge is 0.226 e. The lowest BCUT2D eigenvalue weighted by Crippen LogP contribution is -2.27. The van der Waals surface area contributed by atoms with Crippen LogP contribution in [0.15, 0.2) is 54.9 Å². The Bertz CT molecular complexity index is 1130. The van der Waals surface area contributed by atoms with E-state index in [0.717, 1.165) is 35.4 Å². The van der Waals surface area contributed by atoms with E-state index in [1.54, 1.807) is 6.20 Å². The summed E-state index contributed by atoms with van der Waals surface area (Å²) in [7, 11) is 0. The average Bonchev–Trinajstić information content (AvgIpc) is 3.20. The van der Waals surface area contributed by atoms with Gasteiger partial charge in [0.2, 0.25) is 11.9 Å². The Morgan fingerprint density at radius 3 is 2.89 bits per heavy atom. The molecule has 140 valence electrons. The number of imidazole rings is 1. The summed E-state index contributed by atoms with van der Waals surface area (Å²) in [5.74, 6) is 1.22. The van der Waals surface area contributed by atoms with Crippen molar-refractivity contribution in [3.63, 3.8) is 0 Å². The van der Waals surface area contributed by atoms with Gasteiger partial charge in [0, 0.05) is 41.8 Å². The number of carbonyl (C=O) groups excluding carboxylic acids is 1. The van der Waals surface area contributed by atoms with Crippen molar-refractivity contribution in [3.8, 4) is 11.3 Å². The summed E-state index contributed by atoms with van der Waals surface area (Å²) in [6, 6.07) is 14.1. The molecule has 3 heterocycles. The van der Waals surface area contributed by atoms with Crippen molar-refractivity contribution >= 4 is 23.3 Å². The number of amides is 1. The highest BCUT2D eigenvalue weighted by Crippen LogP contribution is 2.23. The normalized spacial score (nSPS) is 13.6. The van der Waals surface area contributed by atoms with E-state index in [1.807, 2.05) is 53.1 Å². The summed E-state index contributed by atoms with van der Waals surface area (Å²) in [5, 5.41) is 13.4. The quantitative estimate of drug-likeness (QED) is 0.482. The minimum atomic E-state index is 0.0129. The second-order valence-electron chi connectivity index (χ2n) is 6.91. The first-order chi connectivity index (χ1) is 13.7. The molecule has 1 aromatic carbocycles. The number of benzene rings is 1. The van der Waals surface area contributed by atoms with Crippen LogP contribution in [0, 0.1) is 0 Å². The molecule has 8 nitrogen and oxygen atoms in total. The molecule has 0 aliphatic heterocycles. The summed E-state index contributed by atoms with van der Waals surface area (Å²) >= 11 is 0. The lowest BCUT2D eigenvalue weighted by molar-refractivity contribution is -0.120. The van der Waals surface area contributed by atoms with Gasteiger partial charge in [0.15, 0.2) is 5.82 Å². The molecule has 3 N–H and O–H groups in total. The van der Waals surface area contributed by atoms with Gasteiger partial charge in [-0.3, -0.25) is 14.3 Å². The fourth-order valence-corrected chi connectivity index (χ4v) is 3.08. The van der Waals surface area contributed by atoms with E-state index in [-0.39, 0.29) is 12.3 Å². The third-order valence-electron chi connectivity index (χ3n) is 4.62. The Balaban J connectivity index is 1.40. The first-order valence-corrected chi connectivity index (χ1v) is 9.25. The van der Waals surface area contributed by atoms with E-state index in [2.05, 4.69) is 25.8 Å². The summed E-state index contributed by atoms with van der Waals surface area (Å²) in [4.78, 5) is 21.1. The highest BCUT2D eigenvalue weighted by molar-refractivity contribution is 5.79. The van der Waals surface area contributed by atoms with Crippen LogP contribution < -0.4 is 10.6 Å². The Kier molecular flexibility index (Phi) is 4.01. The predicted molar refractivity (Wildman–Crippen MR) is 105 cm³/mol. The lowest BCUT2D eigenvalue weighted by atomic mass is 10.1. The molecule has 0 bridgehead atoms. The van der Waals surface area contributed by atoms with Crippen molar-refractivity contribution < 1.29 is 4.79 Å². The van der Waals surface area contributed by atoms with Gasteiger partial charge in [-0.2, -0.15) is 5.10 Å². The summed E-state index contributed by atoms with van der Waals surface area (Å²) < 4.78 is 1.86. The topological polar surface area (TPSA) is 100 Å². The summed E-state index contributed by atoms with van der Waals surface area (Å²) in [5.41, 5.74) is 3.37. The molecule has 0 atom stereocenters. The number of hydrogen-bond donors (Lipinski definition) is 3. The van der Waals surface area contributed by atoms with Gasteiger partial charge in [-0.15, -0.1) is 0 Å². The molecule has 1 amide bonds. The number of nitrogens with zero attached hydrogens (tertiary/aromatic N) is 4. The number of anilines is 2. The second-order valence-corrected chi connectivity index (χ2v) is 6.91. The van der Waals surface area contributed by atoms with Crippen LogP contribution >= 0.6 is 0 Å². The zero-order valence-electron chi connectivity index (χ0n) is 15.1. The van der Waals surface area contributed by atoms with Crippen LogP contribution in [0.5, 0.6) is 0 Å². The molecule has 1 fully saturated rings. The zero-order chi connectivity index (χ0) is 18.9. The maximum atomic E-state index is 12.0. The molecule has 0 saturated heterocycles. The zero-order valence-corrected chi connectivity index (χ0v) is 15.1. The molecule has 0 spiro atoms. The molecule has 1 aliphatic carbocycles. The van der Waals surface area contributed by atoms with Crippen molar-refractivity contribution in [3.05, 3.63) is 60.6 Å². The number of carbonyl (C=O) groups is 1. The molecule has 0 radical (unpaired) electrons. The third-order valence-corrected chi connectivity index (χ3v) is 4.62. The molecule has 1 saturated carbocycles. The number of H-pyrrole nitrogens is 1. The minimum Gasteiger partial charge on any atom is -0.353 e. The fourth-order valence-electron chi connectivity index (χ4n) is 3.08. The van der Waals surface area contributed by atoms with Crippen LogP contribution in [-0.2, 0) is 11.2 Å². The van der Waals surface area contributed by atoms with Gasteiger partial charge in [0.05, 0.1) is 12.1 Å². The molecule has 1 aliphatic rings. The van der Waals surface area contributed by atoms with Crippen LogP contribution in [0.2, 0.25) is 0 Å². The van der Waals surface area contributed by atoms with Crippen molar-refractivity contribution in [2.45, 2.75) is 25.3 Å². The molecular formula is C20H19N7O. The molecule has 3 aromatic heterocycles. The maximum Gasteiger partial charge on any atom is 0.226 e. The van der Waals surface area contributed by atoms with Crippen molar-refractivity contribution in [2.75, 3.05) is 5.32 Å². The van der Waals surface area contributed by atoms with E-state index in [1.165, 1.54) is 0 Å². The Morgan fingerprint density at radius 1 is 1.21 bits per heavy atom. The van der Waals surface area contributed by atoms with E-state index < -0.39 is 0 Å². The minimum absolute atomic E-state index is 0.0129. The number of fused-ring (bicyclic) bond motifs is 1. The second kappa shape index (κ2) is 6.80. The van der Waals surface area contributed by atoms with Gasteiger partial charge in [-0.25, -0.2) is 9.97 Å². The van der Waals surface area contributed by atoms with Crippen molar-refractivity contribution in [1.82, 2.24) is 29.9 Å². The largest absolute Gasteiger partial charge is 0.353 e. The van der Waals surface area contributed by atoms with Crippen molar-refractivity contribution in [2.24, 2.45) is 0 Å². The Hall–Kier alpha value is -3.68. The molecule has 0 unspecified atom stereocenters. The number of hydrogen-bond acceptors (Lipinski definition) is 5. The van der Waals surface area contributed by atoms with Gasteiger partial charge in [0.1, 0.15) is 5.65 Å². The highest BCUT2D eigenvalue weighted by atomic mass is 16.1. The van der Waals surface area contributed by atoms with E-state index >= 15 is 0 Å². The lowest BCUT2D eigenvalue weighted by Gasteiger charge is -2.08. The number of aromatic nitrogens is 5. The molecule has 8 heteroatoms. The number of rotatable bonds is 6. The van der Waals surface area contributed by atoms with Crippen molar-refractivity contribution in [1.29, 1.82) is 0 Å². The number of nitrogens with one attached hydrogen (secondary N) is 3. The van der Waals surface area contributed by atoms with Gasteiger partial charge >= 0.3 is 0 Å². The summed E-state index contributed by atoms with van der Waals surface area (Å²) in [6.45, 7) is 0. The molecule has 4 aromatic rings. The van der Waals surface area contributed by atoms with E-state index in [0.29, 0.717) is 17.8 Å². The first kappa shape index (κ1) is 16.5. The molecular weight excluding hydrogens is 354 g/mol.